The van der Waals surface area contributed by atoms with Crippen molar-refractivity contribution in [2.24, 2.45) is 5.73 Å². The molecule has 3 N–H and O–H groups in total. The van der Waals surface area contributed by atoms with E-state index in [1.54, 1.807) is 0 Å². The minimum Gasteiger partial charge on any atom is -0.371 e. The summed E-state index contributed by atoms with van der Waals surface area (Å²) in [4.78, 5) is 14.5. The second-order valence-electron chi connectivity index (χ2n) is 6.79. The minimum absolute atomic E-state index is 0.00262. The molecule has 0 radical (unpaired) electrons. The number of hydrogen-bond donors (Lipinski definition) is 2. The highest BCUT2D eigenvalue weighted by Gasteiger charge is 2.43. The lowest BCUT2D eigenvalue weighted by atomic mass is 9.79. The first-order valence-corrected chi connectivity index (χ1v) is 8.20. The van der Waals surface area contributed by atoms with Crippen LogP contribution in [-0.2, 0) is 11.2 Å². The van der Waals surface area contributed by atoms with E-state index in [2.05, 4.69) is 17.4 Å². The van der Waals surface area contributed by atoms with Crippen molar-refractivity contribution in [3.05, 3.63) is 35.4 Å². The molecular formula is C17H23N3O2. The molecule has 4 rings (SSSR count). The quantitative estimate of drug-likeness (QED) is 0.827. The van der Waals surface area contributed by atoms with Crippen LogP contribution in [0.3, 0.4) is 0 Å². The molecule has 1 aromatic carbocycles. The molecule has 118 valence electrons. The Morgan fingerprint density at radius 2 is 2.18 bits per heavy atom. The Bertz CT molecular complexity index is 585. The van der Waals surface area contributed by atoms with Crippen LogP contribution in [-0.4, -0.2) is 42.3 Å². The Kier molecular flexibility index (Phi) is 3.35. The fourth-order valence-corrected chi connectivity index (χ4v) is 3.91. The molecule has 1 heterocycles. The van der Waals surface area contributed by atoms with E-state index in [1.807, 2.05) is 17.0 Å². The largest absolute Gasteiger partial charge is 0.371 e. The molecule has 1 saturated carbocycles. The number of nitrogens with one attached hydrogen (secondary N) is 1. The van der Waals surface area contributed by atoms with Crippen LogP contribution in [0.5, 0.6) is 0 Å². The maximum atomic E-state index is 12.6. The predicted octanol–water partition coefficient (Wildman–Crippen LogP) is 1.58. The van der Waals surface area contributed by atoms with Gasteiger partial charge in [-0.25, -0.2) is 4.79 Å². The van der Waals surface area contributed by atoms with E-state index >= 15 is 0 Å². The molecule has 2 amide bonds. The molecule has 1 saturated heterocycles. The summed E-state index contributed by atoms with van der Waals surface area (Å²) in [6.07, 6.45) is 4.17. The van der Waals surface area contributed by atoms with Crippen molar-refractivity contribution in [1.29, 1.82) is 0 Å². The molecule has 1 aromatic rings. The molecule has 22 heavy (non-hydrogen) atoms. The fourth-order valence-electron chi connectivity index (χ4n) is 3.91. The zero-order chi connectivity index (χ0) is 15.2. The van der Waals surface area contributed by atoms with Gasteiger partial charge in [0.2, 0.25) is 0 Å². The summed E-state index contributed by atoms with van der Waals surface area (Å²) in [6, 6.07) is 8.07. The van der Waals surface area contributed by atoms with Gasteiger partial charge in [0.05, 0.1) is 30.8 Å². The smallest absolute Gasteiger partial charge is 0.317 e. The highest BCUT2D eigenvalue weighted by molar-refractivity contribution is 5.75. The van der Waals surface area contributed by atoms with Gasteiger partial charge in [-0.15, -0.1) is 0 Å². The molecule has 0 aromatic heterocycles. The van der Waals surface area contributed by atoms with Gasteiger partial charge in [0.1, 0.15) is 0 Å². The topological polar surface area (TPSA) is 67.6 Å². The molecular weight excluding hydrogens is 278 g/mol. The molecule has 2 atom stereocenters. The third kappa shape index (κ3) is 2.29. The first-order chi connectivity index (χ1) is 10.7. The highest BCUT2D eigenvalue weighted by Crippen LogP contribution is 2.38. The Morgan fingerprint density at radius 3 is 2.91 bits per heavy atom. The Hall–Kier alpha value is -1.59. The maximum absolute atomic E-state index is 12.6. The van der Waals surface area contributed by atoms with Gasteiger partial charge in [-0.3, -0.25) is 0 Å². The number of benzene rings is 1. The number of carbonyl (C=O) groups is 1. The van der Waals surface area contributed by atoms with Crippen LogP contribution >= 0.6 is 0 Å². The van der Waals surface area contributed by atoms with Crippen molar-refractivity contribution < 1.29 is 9.53 Å². The third-order valence-electron chi connectivity index (χ3n) is 5.40. The number of morpholine rings is 1. The van der Waals surface area contributed by atoms with Crippen molar-refractivity contribution in [1.82, 2.24) is 10.2 Å². The fraction of sp³-hybridized carbons (Fsp3) is 0.588. The Morgan fingerprint density at radius 1 is 1.36 bits per heavy atom. The van der Waals surface area contributed by atoms with Crippen LogP contribution in [0.2, 0.25) is 0 Å². The summed E-state index contributed by atoms with van der Waals surface area (Å²) < 4.78 is 5.88. The van der Waals surface area contributed by atoms with Crippen molar-refractivity contribution in [3.63, 3.8) is 0 Å². The van der Waals surface area contributed by atoms with Crippen LogP contribution in [0.4, 0.5) is 4.79 Å². The zero-order valence-electron chi connectivity index (χ0n) is 12.8. The number of carbonyl (C=O) groups excluding carboxylic acids is 1. The zero-order valence-corrected chi connectivity index (χ0v) is 12.8. The number of fused-ring (bicyclic) bond motifs is 1. The van der Waals surface area contributed by atoms with Crippen LogP contribution in [0.25, 0.3) is 0 Å². The third-order valence-corrected chi connectivity index (χ3v) is 5.40. The van der Waals surface area contributed by atoms with Gasteiger partial charge in [0.25, 0.3) is 0 Å². The number of hydrogen-bond acceptors (Lipinski definition) is 3. The summed E-state index contributed by atoms with van der Waals surface area (Å²) in [5.41, 5.74) is 8.65. The first-order valence-electron chi connectivity index (χ1n) is 8.20. The molecule has 1 aliphatic heterocycles. The lowest BCUT2D eigenvalue weighted by molar-refractivity contribution is -0.141. The molecule has 2 fully saturated rings. The molecule has 0 unspecified atom stereocenters. The van der Waals surface area contributed by atoms with E-state index < -0.39 is 0 Å². The Balaban J connectivity index is 1.40. The number of rotatable bonds is 1. The van der Waals surface area contributed by atoms with Crippen molar-refractivity contribution >= 4 is 6.03 Å². The van der Waals surface area contributed by atoms with E-state index in [-0.39, 0.29) is 23.7 Å². The van der Waals surface area contributed by atoms with Gasteiger partial charge in [-0.2, -0.15) is 0 Å². The molecule has 2 aliphatic carbocycles. The van der Waals surface area contributed by atoms with E-state index in [0.717, 1.165) is 24.8 Å². The SMILES string of the molecule is N[C@@H]1c2ccccc2C[C@H]1NC(=O)N1CCOC2(CCC2)C1. The summed E-state index contributed by atoms with van der Waals surface area (Å²) in [6.45, 7) is 2.03. The van der Waals surface area contributed by atoms with Gasteiger partial charge < -0.3 is 20.7 Å². The van der Waals surface area contributed by atoms with E-state index in [4.69, 9.17) is 10.5 Å². The van der Waals surface area contributed by atoms with Gasteiger partial charge >= 0.3 is 6.03 Å². The van der Waals surface area contributed by atoms with Gasteiger partial charge in [0.15, 0.2) is 0 Å². The maximum Gasteiger partial charge on any atom is 0.317 e. The predicted molar refractivity (Wildman–Crippen MR) is 83.5 cm³/mol. The van der Waals surface area contributed by atoms with Crippen LogP contribution in [0.15, 0.2) is 24.3 Å². The van der Waals surface area contributed by atoms with Crippen LogP contribution in [0.1, 0.15) is 36.4 Å². The molecule has 3 aliphatic rings. The standard InChI is InChI=1S/C17H23N3O2/c18-15-13-5-2-1-4-12(13)10-14(15)19-16(21)20-8-9-22-17(11-20)6-3-7-17/h1-2,4-5,14-15H,3,6-11,18H2,(H,19,21)/t14-,15-/m1/s1. The second-order valence-corrected chi connectivity index (χ2v) is 6.79. The van der Waals surface area contributed by atoms with E-state index in [1.165, 1.54) is 12.0 Å². The van der Waals surface area contributed by atoms with Crippen LogP contribution in [0, 0.1) is 0 Å². The second kappa shape index (κ2) is 5.25. The highest BCUT2D eigenvalue weighted by atomic mass is 16.5. The van der Waals surface area contributed by atoms with Crippen LogP contribution < -0.4 is 11.1 Å². The van der Waals surface area contributed by atoms with Crippen molar-refractivity contribution in [3.8, 4) is 0 Å². The number of urea groups is 1. The van der Waals surface area contributed by atoms with E-state index in [0.29, 0.717) is 19.7 Å². The molecule has 0 bridgehead atoms. The number of amides is 2. The molecule has 1 spiro atoms. The first kappa shape index (κ1) is 14.0. The molecule has 5 heteroatoms. The van der Waals surface area contributed by atoms with Gasteiger partial charge in [-0.1, -0.05) is 24.3 Å². The van der Waals surface area contributed by atoms with Crippen molar-refractivity contribution in [2.75, 3.05) is 19.7 Å². The summed E-state index contributed by atoms with van der Waals surface area (Å²) in [5.74, 6) is 0. The summed E-state index contributed by atoms with van der Waals surface area (Å²) in [7, 11) is 0. The lowest BCUT2D eigenvalue weighted by Crippen LogP contribution is -2.60. The Labute approximate surface area is 130 Å². The number of nitrogens with zero attached hydrogens (tertiary/aromatic N) is 1. The average Bonchev–Trinajstić information content (AvgIpc) is 2.82. The number of nitrogens with two attached hydrogens (primary N) is 1. The minimum atomic E-state index is -0.112. The molecule has 5 nitrogen and oxygen atoms in total. The summed E-state index contributed by atoms with van der Waals surface area (Å²) in [5, 5.41) is 3.14. The lowest BCUT2D eigenvalue weighted by Gasteiger charge is -2.48. The van der Waals surface area contributed by atoms with E-state index in [9.17, 15) is 4.79 Å². The van der Waals surface area contributed by atoms with Gasteiger partial charge in [-0.05, 0) is 36.8 Å². The van der Waals surface area contributed by atoms with Crippen molar-refractivity contribution in [2.45, 2.75) is 43.4 Å². The summed E-state index contributed by atoms with van der Waals surface area (Å²) >= 11 is 0. The average molecular weight is 301 g/mol. The normalized spacial score (nSPS) is 29.0. The van der Waals surface area contributed by atoms with Gasteiger partial charge in [0, 0.05) is 6.54 Å². The number of ether oxygens (including phenoxy) is 1. The monoisotopic (exact) mass is 301 g/mol.